The van der Waals surface area contributed by atoms with Gasteiger partial charge in [0, 0.05) is 6.08 Å². The summed E-state index contributed by atoms with van der Waals surface area (Å²) in [4.78, 5) is 48.1. The molecule has 9 heteroatoms. The Balaban J connectivity index is 1.49. The van der Waals surface area contributed by atoms with Crippen LogP contribution >= 0.6 is 11.3 Å². The minimum atomic E-state index is -0.914. The summed E-state index contributed by atoms with van der Waals surface area (Å²) >= 11 is 1.49. The fourth-order valence-electron chi connectivity index (χ4n) is 3.09. The molecule has 1 aliphatic carbocycles. The van der Waals surface area contributed by atoms with Crippen molar-refractivity contribution in [3.05, 3.63) is 28.5 Å². The number of rotatable bonds is 5. The van der Waals surface area contributed by atoms with Crippen molar-refractivity contribution in [2.75, 3.05) is 6.61 Å². The topological polar surface area (TPSA) is 105 Å². The Morgan fingerprint density at radius 2 is 2.08 bits per heavy atom. The second kappa shape index (κ2) is 7.69. The van der Waals surface area contributed by atoms with Gasteiger partial charge in [-0.15, -0.1) is 0 Å². The van der Waals surface area contributed by atoms with Gasteiger partial charge in [-0.2, -0.15) is 16.3 Å². The summed E-state index contributed by atoms with van der Waals surface area (Å²) in [5.74, 6) is -1.90. The molecule has 1 aliphatic heterocycles. The summed E-state index contributed by atoms with van der Waals surface area (Å²) in [5, 5.41) is 7.09. The van der Waals surface area contributed by atoms with E-state index >= 15 is 0 Å². The van der Waals surface area contributed by atoms with Gasteiger partial charge in [-0.05, 0) is 41.3 Å². The van der Waals surface area contributed by atoms with E-state index in [0.717, 1.165) is 24.8 Å². The maximum atomic E-state index is 12.5. The molecule has 2 heterocycles. The van der Waals surface area contributed by atoms with Gasteiger partial charge in [0.25, 0.3) is 11.8 Å². The van der Waals surface area contributed by atoms with Gasteiger partial charge in [0.2, 0.25) is 0 Å². The van der Waals surface area contributed by atoms with Crippen molar-refractivity contribution in [2.24, 2.45) is 0 Å². The number of carbonyl (C=O) groups is 4. The molecule has 2 aliphatic rings. The van der Waals surface area contributed by atoms with Crippen LogP contribution in [0, 0.1) is 0 Å². The average Bonchev–Trinajstić information content (AvgIpc) is 3.22. The third kappa shape index (κ3) is 3.93. The molecule has 2 N–H and O–H groups in total. The lowest BCUT2D eigenvalue weighted by Gasteiger charge is -2.30. The highest BCUT2D eigenvalue weighted by molar-refractivity contribution is 7.08. The van der Waals surface area contributed by atoms with Gasteiger partial charge >= 0.3 is 12.0 Å². The molecule has 1 aromatic heterocycles. The predicted octanol–water partition coefficient (Wildman–Crippen LogP) is 1.59. The largest absolute Gasteiger partial charge is 0.452 e. The molecule has 1 saturated heterocycles. The van der Waals surface area contributed by atoms with Crippen molar-refractivity contribution in [3.63, 3.8) is 0 Å². The molecule has 26 heavy (non-hydrogen) atoms. The Hall–Kier alpha value is -2.68. The van der Waals surface area contributed by atoms with Crippen molar-refractivity contribution in [1.29, 1.82) is 0 Å². The Labute approximate surface area is 154 Å². The summed E-state index contributed by atoms with van der Waals surface area (Å²) < 4.78 is 4.82. The fraction of sp³-hybridized carbons (Fsp3) is 0.412. The first-order chi connectivity index (χ1) is 12.5. The highest BCUT2D eigenvalue weighted by Gasteiger charge is 2.52. The lowest BCUT2D eigenvalue weighted by atomic mass is 9.82. The van der Waals surface area contributed by atoms with Crippen LogP contribution in [0.5, 0.6) is 0 Å². The van der Waals surface area contributed by atoms with Crippen molar-refractivity contribution in [2.45, 2.75) is 37.6 Å². The van der Waals surface area contributed by atoms with Crippen LogP contribution in [0.2, 0.25) is 0 Å². The molecule has 1 spiro atoms. The number of ether oxygens (including phenoxy) is 1. The summed E-state index contributed by atoms with van der Waals surface area (Å²) in [6.07, 6.45) is 6.62. The van der Waals surface area contributed by atoms with Crippen LogP contribution in [0.4, 0.5) is 4.79 Å². The zero-order valence-electron chi connectivity index (χ0n) is 14.0. The van der Waals surface area contributed by atoms with Crippen molar-refractivity contribution in [3.8, 4) is 0 Å². The van der Waals surface area contributed by atoms with Crippen LogP contribution < -0.4 is 10.7 Å². The minimum Gasteiger partial charge on any atom is -0.452 e. The zero-order chi connectivity index (χ0) is 18.6. The van der Waals surface area contributed by atoms with E-state index in [1.165, 1.54) is 17.4 Å². The van der Waals surface area contributed by atoms with Gasteiger partial charge in [-0.3, -0.25) is 15.0 Å². The highest BCUT2D eigenvalue weighted by atomic mass is 32.1. The smallest absolute Gasteiger partial charge is 0.344 e. The maximum absolute atomic E-state index is 12.5. The number of hydrogen-bond donors (Lipinski definition) is 2. The summed E-state index contributed by atoms with van der Waals surface area (Å²) in [6, 6.07) is 1.17. The van der Waals surface area contributed by atoms with Gasteiger partial charge in [-0.25, -0.2) is 9.59 Å². The van der Waals surface area contributed by atoms with E-state index in [0.29, 0.717) is 17.9 Å². The van der Waals surface area contributed by atoms with E-state index in [2.05, 4.69) is 10.7 Å². The molecular weight excluding hydrogens is 358 g/mol. The molecule has 1 aromatic rings. The Morgan fingerprint density at radius 3 is 2.77 bits per heavy atom. The first-order valence-corrected chi connectivity index (χ1v) is 9.28. The Bertz CT molecular complexity index is 738. The molecule has 0 radical (unpaired) electrons. The van der Waals surface area contributed by atoms with Gasteiger partial charge < -0.3 is 10.1 Å². The van der Waals surface area contributed by atoms with Gasteiger partial charge in [0.1, 0.15) is 5.54 Å². The van der Waals surface area contributed by atoms with Crippen LogP contribution in [-0.2, 0) is 19.1 Å². The number of urea groups is 1. The van der Waals surface area contributed by atoms with Crippen molar-refractivity contribution < 1.29 is 23.9 Å². The zero-order valence-corrected chi connectivity index (χ0v) is 14.8. The standard InChI is InChI=1S/C17H19N3O5S/c21-13(10-25-14(22)5-4-12-6-9-26-11-12)19-20-15(23)17(18-16(20)24)7-2-1-3-8-17/h4-6,9,11H,1-3,7-8,10H2,(H,18,24)(H,19,21)/b5-4+. The van der Waals surface area contributed by atoms with E-state index in [-0.39, 0.29) is 0 Å². The third-order valence-electron chi connectivity index (χ3n) is 4.41. The number of imide groups is 1. The second-order valence-corrected chi connectivity index (χ2v) is 7.03. The summed E-state index contributed by atoms with van der Waals surface area (Å²) in [5.41, 5.74) is 2.15. The molecule has 1 saturated carbocycles. The number of nitrogens with zero attached hydrogens (tertiary/aromatic N) is 1. The second-order valence-electron chi connectivity index (χ2n) is 6.25. The molecule has 0 aromatic carbocycles. The number of hydrazine groups is 1. The SMILES string of the molecule is O=C(COC(=O)/C=C/c1ccsc1)NN1C(=O)NC2(CCCCC2)C1=O. The Morgan fingerprint density at radius 1 is 1.31 bits per heavy atom. The van der Waals surface area contributed by atoms with E-state index in [4.69, 9.17) is 4.74 Å². The Kier molecular flexibility index (Phi) is 5.36. The quantitative estimate of drug-likeness (QED) is 0.461. The first kappa shape index (κ1) is 18.1. The van der Waals surface area contributed by atoms with Crippen molar-refractivity contribution in [1.82, 2.24) is 15.8 Å². The van der Waals surface area contributed by atoms with Crippen LogP contribution in [-0.4, -0.2) is 41.0 Å². The number of esters is 1. The van der Waals surface area contributed by atoms with Crippen molar-refractivity contribution >= 4 is 41.2 Å². The van der Waals surface area contributed by atoms with Crippen LogP contribution in [0.3, 0.4) is 0 Å². The summed E-state index contributed by atoms with van der Waals surface area (Å²) in [7, 11) is 0. The monoisotopic (exact) mass is 377 g/mol. The van der Waals surface area contributed by atoms with Crippen LogP contribution in [0.1, 0.15) is 37.7 Å². The lowest BCUT2D eigenvalue weighted by Crippen LogP contribution is -2.51. The number of nitrogens with one attached hydrogen (secondary N) is 2. The lowest BCUT2D eigenvalue weighted by molar-refractivity contribution is -0.147. The van der Waals surface area contributed by atoms with E-state index < -0.39 is 36.0 Å². The normalized spacial score (nSPS) is 19.0. The molecule has 0 atom stereocenters. The van der Waals surface area contributed by atoms with Gasteiger partial charge in [0.05, 0.1) is 0 Å². The third-order valence-corrected chi connectivity index (χ3v) is 5.11. The van der Waals surface area contributed by atoms with Gasteiger partial charge in [-0.1, -0.05) is 19.3 Å². The van der Waals surface area contributed by atoms with Crippen LogP contribution in [0.15, 0.2) is 22.9 Å². The number of carbonyl (C=O) groups excluding carboxylic acids is 4. The van der Waals surface area contributed by atoms with E-state index in [1.54, 1.807) is 6.08 Å². The number of thiophene rings is 1. The summed E-state index contributed by atoms with van der Waals surface area (Å²) in [6.45, 7) is -0.586. The molecule has 0 bridgehead atoms. The molecule has 8 nitrogen and oxygen atoms in total. The molecular formula is C17H19N3O5S. The minimum absolute atomic E-state index is 0.459. The molecule has 0 unspecified atom stereocenters. The van der Waals surface area contributed by atoms with Crippen LogP contribution in [0.25, 0.3) is 6.08 Å². The number of hydrogen-bond acceptors (Lipinski definition) is 6. The molecule has 2 fully saturated rings. The van der Waals surface area contributed by atoms with E-state index in [1.807, 2.05) is 16.8 Å². The van der Waals surface area contributed by atoms with E-state index in [9.17, 15) is 19.2 Å². The first-order valence-electron chi connectivity index (χ1n) is 8.33. The predicted molar refractivity (Wildman–Crippen MR) is 93.6 cm³/mol. The number of amides is 4. The average molecular weight is 377 g/mol. The molecule has 138 valence electrons. The maximum Gasteiger partial charge on any atom is 0.344 e. The molecule has 3 rings (SSSR count). The highest BCUT2D eigenvalue weighted by Crippen LogP contribution is 2.32. The fourth-order valence-corrected chi connectivity index (χ4v) is 3.72. The van der Waals surface area contributed by atoms with Gasteiger partial charge in [0.15, 0.2) is 6.61 Å². The molecule has 4 amide bonds.